The first-order valence-electron chi connectivity index (χ1n) is 9.24. The van der Waals surface area contributed by atoms with E-state index in [0.29, 0.717) is 32.1 Å². The van der Waals surface area contributed by atoms with E-state index in [1.54, 1.807) is 4.90 Å². The summed E-state index contributed by atoms with van der Waals surface area (Å²) in [6, 6.07) is 0.460. The highest BCUT2D eigenvalue weighted by molar-refractivity contribution is 5.89. The molecule has 6 heteroatoms. The third-order valence-corrected chi connectivity index (χ3v) is 5.49. The van der Waals surface area contributed by atoms with Crippen LogP contribution in [0.15, 0.2) is 0 Å². The lowest BCUT2D eigenvalue weighted by atomic mass is 9.92. The van der Waals surface area contributed by atoms with Gasteiger partial charge in [0.05, 0.1) is 5.92 Å². The summed E-state index contributed by atoms with van der Waals surface area (Å²) in [4.78, 5) is 31.1. The minimum Gasteiger partial charge on any atom is -0.345 e. The first kappa shape index (κ1) is 19.2. The molecule has 0 spiro atoms. The van der Waals surface area contributed by atoms with E-state index in [9.17, 15) is 9.59 Å². The summed E-state index contributed by atoms with van der Waals surface area (Å²) in [7, 11) is 1.82. The van der Waals surface area contributed by atoms with Crippen molar-refractivity contribution in [2.45, 2.75) is 46.1 Å². The molecule has 2 aliphatic heterocycles. The Morgan fingerprint density at radius 2 is 2.12 bits per heavy atom. The van der Waals surface area contributed by atoms with Crippen LogP contribution in [0.4, 0.5) is 0 Å². The molecule has 0 radical (unpaired) electrons. The Morgan fingerprint density at radius 3 is 2.75 bits per heavy atom. The van der Waals surface area contributed by atoms with Gasteiger partial charge in [-0.15, -0.1) is 0 Å². The van der Waals surface area contributed by atoms with Crippen LogP contribution in [0.25, 0.3) is 0 Å². The lowest BCUT2D eigenvalue weighted by Gasteiger charge is -2.31. The molecule has 0 saturated carbocycles. The van der Waals surface area contributed by atoms with Gasteiger partial charge in [0.25, 0.3) is 0 Å². The van der Waals surface area contributed by atoms with E-state index in [4.69, 9.17) is 5.73 Å². The molecule has 0 aromatic rings. The molecular formula is C18H34N4O2. The van der Waals surface area contributed by atoms with Crippen molar-refractivity contribution >= 4 is 11.8 Å². The predicted octanol–water partition coefficient (Wildman–Crippen LogP) is 0.763. The molecule has 2 amide bonds. The molecule has 0 aromatic heterocycles. The number of nitrogens with zero attached hydrogens (tertiary/aromatic N) is 3. The number of carbonyl (C=O) groups is 2. The standard InChI is InChI=1S/C18H34N4O2/c1-5-21-8-6-7-15(21)11-22-10-14(9-16(22)23)17(24)20(4)13-18(2,3)12-19/h14-15H,5-13,19H2,1-4H3. The summed E-state index contributed by atoms with van der Waals surface area (Å²) in [6.07, 6.45) is 2.71. The Balaban J connectivity index is 1.90. The molecule has 2 heterocycles. The molecule has 2 rings (SSSR count). The molecule has 0 bridgehead atoms. The maximum atomic E-state index is 12.7. The Kier molecular flexibility index (Phi) is 6.26. The number of amides is 2. The molecule has 6 nitrogen and oxygen atoms in total. The Morgan fingerprint density at radius 1 is 1.42 bits per heavy atom. The van der Waals surface area contributed by atoms with Gasteiger partial charge in [-0.3, -0.25) is 14.5 Å². The van der Waals surface area contributed by atoms with E-state index < -0.39 is 0 Å². The molecule has 24 heavy (non-hydrogen) atoms. The number of hydrogen-bond donors (Lipinski definition) is 1. The van der Waals surface area contributed by atoms with Gasteiger partial charge in [0.1, 0.15) is 0 Å². The highest BCUT2D eigenvalue weighted by Crippen LogP contribution is 2.25. The second-order valence-electron chi connectivity index (χ2n) is 8.19. The number of rotatable bonds is 7. The lowest BCUT2D eigenvalue weighted by molar-refractivity contribution is -0.135. The van der Waals surface area contributed by atoms with Crippen LogP contribution >= 0.6 is 0 Å². The summed E-state index contributed by atoms with van der Waals surface area (Å²) < 4.78 is 0. The first-order chi connectivity index (χ1) is 11.3. The Labute approximate surface area is 146 Å². The van der Waals surface area contributed by atoms with Gasteiger partial charge in [-0.05, 0) is 37.9 Å². The van der Waals surface area contributed by atoms with E-state index in [0.717, 1.165) is 26.1 Å². The Hall–Kier alpha value is -1.14. The fraction of sp³-hybridized carbons (Fsp3) is 0.889. The van der Waals surface area contributed by atoms with Crippen molar-refractivity contribution in [3.05, 3.63) is 0 Å². The summed E-state index contributed by atoms with van der Waals surface area (Å²) in [6.45, 7) is 10.9. The molecule has 2 N–H and O–H groups in total. The zero-order valence-corrected chi connectivity index (χ0v) is 15.8. The van der Waals surface area contributed by atoms with Gasteiger partial charge >= 0.3 is 0 Å². The van der Waals surface area contributed by atoms with Crippen LogP contribution < -0.4 is 5.73 Å². The second kappa shape index (κ2) is 7.83. The van der Waals surface area contributed by atoms with Crippen molar-refractivity contribution in [2.75, 3.05) is 46.3 Å². The monoisotopic (exact) mass is 338 g/mol. The molecule has 138 valence electrons. The summed E-state index contributed by atoms with van der Waals surface area (Å²) in [5.74, 6) is 0.00138. The maximum absolute atomic E-state index is 12.7. The molecule has 2 fully saturated rings. The van der Waals surface area contributed by atoms with Gasteiger partial charge in [0, 0.05) is 39.1 Å². The highest BCUT2D eigenvalue weighted by Gasteiger charge is 2.38. The van der Waals surface area contributed by atoms with Gasteiger partial charge < -0.3 is 15.5 Å². The van der Waals surface area contributed by atoms with E-state index in [1.165, 1.54) is 6.42 Å². The third-order valence-electron chi connectivity index (χ3n) is 5.49. The van der Waals surface area contributed by atoms with Crippen LogP contribution in [0.2, 0.25) is 0 Å². The number of likely N-dealkylation sites (N-methyl/N-ethyl adjacent to an activating group) is 1. The molecule has 2 unspecified atom stereocenters. The van der Waals surface area contributed by atoms with Crippen molar-refractivity contribution in [1.82, 2.24) is 14.7 Å². The fourth-order valence-electron chi connectivity index (χ4n) is 3.98. The minimum absolute atomic E-state index is 0.0751. The molecule has 2 saturated heterocycles. The summed E-state index contributed by atoms with van der Waals surface area (Å²) >= 11 is 0. The van der Waals surface area contributed by atoms with Gasteiger partial charge in [-0.25, -0.2) is 0 Å². The molecule has 2 atom stereocenters. The number of hydrogen-bond acceptors (Lipinski definition) is 4. The van der Waals surface area contributed by atoms with Crippen molar-refractivity contribution in [2.24, 2.45) is 17.1 Å². The van der Waals surface area contributed by atoms with Gasteiger partial charge in [-0.1, -0.05) is 20.8 Å². The second-order valence-corrected chi connectivity index (χ2v) is 8.19. The van der Waals surface area contributed by atoms with Crippen molar-refractivity contribution < 1.29 is 9.59 Å². The summed E-state index contributed by atoms with van der Waals surface area (Å²) in [5, 5.41) is 0. The first-order valence-corrected chi connectivity index (χ1v) is 9.24. The molecule has 0 aromatic carbocycles. The van der Waals surface area contributed by atoms with Gasteiger partial charge in [0.15, 0.2) is 0 Å². The van der Waals surface area contributed by atoms with Crippen LogP contribution in [0.5, 0.6) is 0 Å². The SMILES string of the molecule is CCN1CCCC1CN1CC(C(=O)N(C)CC(C)(C)CN)CC1=O. The normalized spacial score (nSPS) is 25.5. The van der Waals surface area contributed by atoms with E-state index in [-0.39, 0.29) is 23.1 Å². The van der Waals surface area contributed by atoms with E-state index in [2.05, 4.69) is 25.7 Å². The molecular weight excluding hydrogens is 304 g/mol. The fourth-order valence-corrected chi connectivity index (χ4v) is 3.98. The topological polar surface area (TPSA) is 69.9 Å². The average molecular weight is 338 g/mol. The highest BCUT2D eigenvalue weighted by atomic mass is 16.2. The minimum atomic E-state index is -0.201. The van der Waals surface area contributed by atoms with Gasteiger partial charge in [0.2, 0.25) is 11.8 Å². The molecule has 2 aliphatic rings. The van der Waals surface area contributed by atoms with Crippen molar-refractivity contribution in [3.8, 4) is 0 Å². The van der Waals surface area contributed by atoms with Crippen LogP contribution in [0.1, 0.15) is 40.0 Å². The number of likely N-dealkylation sites (tertiary alicyclic amines) is 2. The smallest absolute Gasteiger partial charge is 0.227 e. The lowest BCUT2D eigenvalue weighted by Crippen LogP contribution is -2.43. The maximum Gasteiger partial charge on any atom is 0.227 e. The van der Waals surface area contributed by atoms with Crippen LogP contribution in [-0.2, 0) is 9.59 Å². The number of carbonyl (C=O) groups excluding carboxylic acids is 2. The van der Waals surface area contributed by atoms with Crippen molar-refractivity contribution in [1.29, 1.82) is 0 Å². The average Bonchev–Trinajstić information content (AvgIpc) is 3.13. The van der Waals surface area contributed by atoms with Gasteiger partial charge in [-0.2, -0.15) is 0 Å². The van der Waals surface area contributed by atoms with Crippen LogP contribution in [-0.4, -0.2) is 78.9 Å². The van der Waals surface area contributed by atoms with E-state index >= 15 is 0 Å². The Bertz CT molecular complexity index is 466. The van der Waals surface area contributed by atoms with Crippen LogP contribution in [0.3, 0.4) is 0 Å². The van der Waals surface area contributed by atoms with Crippen molar-refractivity contribution in [3.63, 3.8) is 0 Å². The van der Waals surface area contributed by atoms with E-state index in [1.807, 2.05) is 11.9 Å². The predicted molar refractivity (Wildman–Crippen MR) is 95.4 cm³/mol. The largest absolute Gasteiger partial charge is 0.345 e. The third kappa shape index (κ3) is 4.48. The quantitative estimate of drug-likeness (QED) is 0.744. The molecule has 0 aliphatic carbocycles. The zero-order valence-electron chi connectivity index (χ0n) is 15.8. The number of nitrogens with two attached hydrogens (primary N) is 1. The zero-order chi connectivity index (χ0) is 17.9. The summed E-state index contributed by atoms with van der Waals surface area (Å²) in [5.41, 5.74) is 5.67. The van der Waals surface area contributed by atoms with Crippen LogP contribution in [0, 0.1) is 11.3 Å².